The molecule has 1 heterocycles. The summed E-state index contributed by atoms with van der Waals surface area (Å²) >= 11 is 0. The first kappa shape index (κ1) is 15.5. The number of carbonyl (C=O) groups excluding carboxylic acids is 2. The maximum absolute atomic E-state index is 13.4. The highest BCUT2D eigenvalue weighted by Gasteiger charge is 2.18. The maximum Gasteiger partial charge on any atom is 0.232 e. The van der Waals surface area contributed by atoms with Gasteiger partial charge in [-0.25, -0.2) is 4.39 Å². The number of amides is 2. The Kier molecular flexibility index (Phi) is 5.72. The first-order valence-corrected chi connectivity index (χ1v) is 7.44. The van der Waals surface area contributed by atoms with Gasteiger partial charge in [-0.05, 0) is 37.3 Å². The SMILES string of the molecule is O=C(CC(=O)N1CCCCC1)NCCc1ccccc1F. The highest BCUT2D eigenvalue weighted by Crippen LogP contribution is 2.10. The minimum Gasteiger partial charge on any atom is -0.355 e. The first-order valence-electron chi connectivity index (χ1n) is 7.44. The molecule has 1 aromatic rings. The Morgan fingerprint density at radius 1 is 1.14 bits per heavy atom. The molecule has 2 rings (SSSR count). The van der Waals surface area contributed by atoms with Crippen molar-refractivity contribution in [3.63, 3.8) is 0 Å². The number of carbonyl (C=O) groups is 2. The van der Waals surface area contributed by atoms with Gasteiger partial charge in [0.25, 0.3) is 0 Å². The summed E-state index contributed by atoms with van der Waals surface area (Å²) in [5.41, 5.74) is 0.570. The summed E-state index contributed by atoms with van der Waals surface area (Å²) in [6, 6.07) is 6.49. The topological polar surface area (TPSA) is 49.4 Å². The Labute approximate surface area is 124 Å². The molecule has 21 heavy (non-hydrogen) atoms. The van der Waals surface area contributed by atoms with Crippen LogP contribution in [-0.2, 0) is 16.0 Å². The van der Waals surface area contributed by atoms with Crippen LogP contribution in [0.3, 0.4) is 0 Å². The number of rotatable bonds is 5. The normalized spacial score (nSPS) is 14.8. The Morgan fingerprint density at radius 3 is 2.57 bits per heavy atom. The van der Waals surface area contributed by atoms with E-state index in [0.717, 1.165) is 32.4 Å². The molecule has 0 aromatic heterocycles. The van der Waals surface area contributed by atoms with Crippen LogP contribution < -0.4 is 5.32 Å². The fourth-order valence-corrected chi connectivity index (χ4v) is 2.49. The van der Waals surface area contributed by atoms with Gasteiger partial charge in [-0.1, -0.05) is 18.2 Å². The van der Waals surface area contributed by atoms with Gasteiger partial charge in [-0.2, -0.15) is 0 Å². The summed E-state index contributed by atoms with van der Waals surface area (Å²) in [6.45, 7) is 1.84. The molecule has 5 heteroatoms. The zero-order chi connectivity index (χ0) is 15.1. The lowest BCUT2D eigenvalue weighted by Crippen LogP contribution is -2.39. The number of likely N-dealkylation sites (tertiary alicyclic amines) is 1. The van der Waals surface area contributed by atoms with Crippen LogP contribution in [0.25, 0.3) is 0 Å². The van der Waals surface area contributed by atoms with Crippen molar-refractivity contribution in [3.05, 3.63) is 35.6 Å². The highest BCUT2D eigenvalue weighted by molar-refractivity contribution is 5.96. The van der Waals surface area contributed by atoms with E-state index in [-0.39, 0.29) is 24.1 Å². The van der Waals surface area contributed by atoms with E-state index in [1.165, 1.54) is 6.07 Å². The molecule has 2 amide bonds. The van der Waals surface area contributed by atoms with Crippen molar-refractivity contribution in [1.82, 2.24) is 10.2 Å². The summed E-state index contributed by atoms with van der Waals surface area (Å²) in [6.07, 6.45) is 3.49. The van der Waals surface area contributed by atoms with Crippen molar-refractivity contribution in [3.8, 4) is 0 Å². The van der Waals surface area contributed by atoms with Gasteiger partial charge in [0.1, 0.15) is 12.2 Å². The minimum atomic E-state index is -0.290. The third-order valence-corrected chi connectivity index (χ3v) is 3.69. The van der Waals surface area contributed by atoms with Gasteiger partial charge in [0.2, 0.25) is 11.8 Å². The second-order valence-corrected chi connectivity index (χ2v) is 5.31. The van der Waals surface area contributed by atoms with Crippen molar-refractivity contribution in [2.75, 3.05) is 19.6 Å². The lowest BCUT2D eigenvalue weighted by atomic mass is 10.1. The fourth-order valence-electron chi connectivity index (χ4n) is 2.49. The molecular formula is C16H21FN2O2. The van der Waals surface area contributed by atoms with Gasteiger partial charge in [-0.3, -0.25) is 9.59 Å². The van der Waals surface area contributed by atoms with Crippen molar-refractivity contribution in [2.24, 2.45) is 0 Å². The van der Waals surface area contributed by atoms with Gasteiger partial charge >= 0.3 is 0 Å². The number of benzene rings is 1. The minimum absolute atomic E-state index is 0.113. The van der Waals surface area contributed by atoms with Crippen LogP contribution in [0, 0.1) is 5.82 Å². The lowest BCUT2D eigenvalue weighted by molar-refractivity contribution is -0.136. The highest BCUT2D eigenvalue weighted by atomic mass is 19.1. The smallest absolute Gasteiger partial charge is 0.232 e. The molecule has 1 fully saturated rings. The Bertz CT molecular complexity index is 499. The van der Waals surface area contributed by atoms with Crippen LogP contribution in [-0.4, -0.2) is 36.3 Å². The van der Waals surface area contributed by atoms with E-state index >= 15 is 0 Å². The van der Waals surface area contributed by atoms with Crippen LogP contribution in [0.1, 0.15) is 31.2 Å². The van der Waals surface area contributed by atoms with Crippen molar-refractivity contribution >= 4 is 11.8 Å². The van der Waals surface area contributed by atoms with Gasteiger partial charge in [0, 0.05) is 19.6 Å². The molecule has 0 aliphatic carbocycles. The first-order chi connectivity index (χ1) is 10.2. The van der Waals surface area contributed by atoms with Crippen molar-refractivity contribution in [2.45, 2.75) is 32.1 Å². The van der Waals surface area contributed by atoms with Crippen LogP contribution in [0.5, 0.6) is 0 Å². The molecule has 4 nitrogen and oxygen atoms in total. The summed E-state index contributed by atoms with van der Waals surface area (Å²) in [7, 11) is 0. The molecule has 0 radical (unpaired) electrons. The molecule has 1 saturated heterocycles. The van der Waals surface area contributed by atoms with Crippen LogP contribution in [0.4, 0.5) is 4.39 Å². The van der Waals surface area contributed by atoms with Crippen LogP contribution >= 0.6 is 0 Å². The third kappa shape index (κ3) is 4.85. The molecule has 0 bridgehead atoms. The molecule has 1 aromatic carbocycles. The number of halogens is 1. The zero-order valence-corrected chi connectivity index (χ0v) is 12.1. The Balaban J connectivity index is 1.70. The molecule has 1 N–H and O–H groups in total. The van der Waals surface area contributed by atoms with Crippen LogP contribution in [0.15, 0.2) is 24.3 Å². The van der Waals surface area contributed by atoms with E-state index in [4.69, 9.17) is 0 Å². The number of nitrogens with zero attached hydrogens (tertiary/aromatic N) is 1. The average molecular weight is 292 g/mol. The molecule has 1 aliphatic rings. The van der Waals surface area contributed by atoms with E-state index in [1.807, 2.05) is 0 Å². The van der Waals surface area contributed by atoms with Gasteiger partial charge in [0.15, 0.2) is 0 Å². The summed E-state index contributed by atoms with van der Waals surface area (Å²) in [5.74, 6) is -0.670. The molecule has 0 atom stereocenters. The molecular weight excluding hydrogens is 271 g/mol. The van der Waals surface area contributed by atoms with E-state index in [2.05, 4.69) is 5.32 Å². The second kappa shape index (κ2) is 7.76. The van der Waals surface area contributed by atoms with Gasteiger partial charge in [-0.15, -0.1) is 0 Å². The largest absolute Gasteiger partial charge is 0.355 e. The zero-order valence-electron chi connectivity index (χ0n) is 12.1. The molecule has 0 spiro atoms. The standard InChI is InChI=1S/C16H21FN2O2/c17-14-7-3-2-6-13(14)8-9-18-15(20)12-16(21)19-10-4-1-5-11-19/h2-3,6-7H,1,4-5,8-12H2,(H,18,20). The second-order valence-electron chi connectivity index (χ2n) is 5.31. The number of hydrogen-bond acceptors (Lipinski definition) is 2. The predicted octanol–water partition coefficient (Wildman–Crippen LogP) is 1.89. The van der Waals surface area contributed by atoms with Crippen molar-refractivity contribution < 1.29 is 14.0 Å². The fraction of sp³-hybridized carbons (Fsp3) is 0.500. The number of nitrogens with one attached hydrogen (secondary N) is 1. The van der Waals surface area contributed by atoms with E-state index in [9.17, 15) is 14.0 Å². The number of piperidine rings is 1. The van der Waals surface area contributed by atoms with Crippen LogP contribution in [0.2, 0.25) is 0 Å². The quantitative estimate of drug-likeness (QED) is 0.843. The van der Waals surface area contributed by atoms with Gasteiger partial charge < -0.3 is 10.2 Å². The van der Waals surface area contributed by atoms with E-state index in [1.54, 1.807) is 23.1 Å². The molecule has 0 unspecified atom stereocenters. The third-order valence-electron chi connectivity index (χ3n) is 3.69. The summed E-state index contributed by atoms with van der Waals surface area (Å²) in [4.78, 5) is 25.4. The Hall–Kier alpha value is -1.91. The maximum atomic E-state index is 13.4. The van der Waals surface area contributed by atoms with E-state index < -0.39 is 0 Å². The van der Waals surface area contributed by atoms with Crippen molar-refractivity contribution in [1.29, 1.82) is 0 Å². The number of hydrogen-bond donors (Lipinski definition) is 1. The molecule has 114 valence electrons. The summed E-state index contributed by atoms with van der Waals surface area (Å²) < 4.78 is 13.4. The Morgan fingerprint density at radius 2 is 1.86 bits per heavy atom. The predicted molar refractivity (Wildman–Crippen MR) is 78.2 cm³/mol. The summed E-state index contributed by atoms with van der Waals surface area (Å²) in [5, 5.41) is 2.68. The monoisotopic (exact) mass is 292 g/mol. The molecule has 1 aliphatic heterocycles. The molecule has 0 saturated carbocycles. The van der Waals surface area contributed by atoms with Gasteiger partial charge in [0.05, 0.1) is 0 Å². The van der Waals surface area contributed by atoms with E-state index in [0.29, 0.717) is 18.5 Å². The lowest BCUT2D eigenvalue weighted by Gasteiger charge is -2.26. The average Bonchev–Trinajstić information content (AvgIpc) is 2.50.